The van der Waals surface area contributed by atoms with Gasteiger partial charge in [-0.3, -0.25) is 0 Å². The Morgan fingerprint density at radius 3 is 2.76 bits per heavy atom. The average Bonchev–Trinajstić information content (AvgIpc) is 2.48. The van der Waals surface area contributed by atoms with Crippen LogP contribution in [0.3, 0.4) is 0 Å². The lowest BCUT2D eigenvalue weighted by molar-refractivity contribution is 0.259. The molecule has 0 radical (unpaired) electrons. The van der Waals surface area contributed by atoms with Crippen LogP contribution in [0, 0.1) is 18.3 Å². The predicted molar refractivity (Wildman–Crippen MR) is 75.5 cm³/mol. The number of carbonyl (C=O) groups excluding carboxylic acids is 1. The fourth-order valence-corrected chi connectivity index (χ4v) is 4.09. The van der Waals surface area contributed by atoms with Crippen LogP contribution in [0.15, 0.2) is 28.1 Å². The number of sulfonamides is 1. The molecule has 7 heteroatoms. The summed E-state index contributed by atoms with van der Waals surface area (Å²) in [5, 5.41) is 8.91. The van der Waals surface area contributed by atoms with Crippen LogP contribution in [0.1, 0.15) is 30.4 Å². The molecule has 1 aromatic carbocycles. The third-order valence-electron chi connectivity index (χ3n) is 3.55. The van der Waals surface area contributed by atoms with E-state index in [1.54, 1.807) is 6.92 Å². The zero-order valence-corrected chi connectivity index (χ0v) is 12.4. The van der Waals surface area contributed by atoms with Crippen LogP contribution in [-0.2, 0) is 14.8 Å². The molecule has 0 saturated carbocycles. The summed E-state index contributed by atoms with van der Waals surface area (Å²) in [6.07, 6.45) is 2.84. The number of hydrogen-bond acceptors (Lipinski definition) is 5. The topological polar surface area (TPSA) is 90.6 Å². The highest BCUT2D eigenvalue weighted by Crippen LogP contribution is 2.26. The van der Waals surface area contributed by atoms with E-state index in [0.29, 0.717) is 24.1 Å². The van der Waals surface area contributed by atoms with Gasteiger partial charge in [0.1, 0.15) is 6.17 Å². The summed E-state index contributed by atoms with van der Waals surface area (Å²) in [7, 11) is -3.73. The van der Waals surface area contributed by atoms with Crippen molar-refractivity contribution in [2.45, 2.75) is 37.2 Å². The van der Waals surface area contributed by atoms with Crippen molar-refractivity contribution in [3.05, 3.63) is 29.3 Å². The van der Waals surface area contributed by atoms with Gasteiger partial charge < -0.3 is 0 Å². The maximum atomic E-state index is 12.7. The zero-order chi connectivity index (χ0) is 15.5. The molecule has 0 N–H and O–H groups in total. The number of nitrogens with zero attached hydrogens (tertiary/aromatic N) is 3. The van der Waals surface area contributed by atoms with Crippen LogP contribution in [0.2, 0.25) is 0 Å². The summed E-state index contributed by atoms with van der Waals surface area (Å²) >= 11 is 0. The molecule has 1 saturated heterocycles. The first-order chi connectivity index (χ1) is 10.0. The second-order valence-corrected chi connectivity index (χ2v) is 6.79. The molecule has 0 amide bonds. The van der Waals surface area contributed by atoms with Gasteiger partial charge in [0.15, 0.2) is 0 Å². The van der Waals surface area contributed by atoms with E-state index in [4.69, 9.17) is 5.26 Å². The number of nitriles is 1. The molecule has 0 aliphatic carbocycles. The summed E-state index contributed by atoms with van der Waals surface area (Å²) in [5.74, 6) is 0. The number of aliphatic imine (C=N–C) groups is 1. The van der Waals surface area contributed by atoms with E-state index in [2.05, 4.69) is 4.99 Å². The van der Waals surface area contributed by atoms with Gasteiger partial charge in [-0.2, -0.15) is 14.6 Å². The van der Waals surface area contributed by atoms with Crippen LogP contribution < -0.4 is 0 Å². The number of piperidine rings is 1. The highest BCUT2D eigenvalue weighted by atomic mass is 32.2. The second-order valence-electron chi connectivity index (χ2n) is 4.90. The highest BCUT2D eigenvalue weighted by Gasteiger charge is 2.33. The van der Waals surface area contributed by atoms with Gasteiger partial charge in [0.2, 0.25) is 16.1 Å². The third-order valence-corrected chi connectivity index (χ3v) is 5.44. The van der Waals surface area contributed by atoms with Crippen molar-refractivity contribution >= 4 is 16.1 Å². The van der Waals surface area contributed by atoms with Crippen molar-refractivity contribution in [3.63, 3.8) is 0 Å². The largest absolute Gasteiger partial charge is 0.244 e. The van der Waals surface area contributed by atoms with Crippen molar-refractivity contribution in [3.8, 4) is 6.07 Å². The summed E-state index contributed by atoms with van der Waals surface area (Å²) in [4.78, 5) is 14.2. The van der Waals surface area contributed by atoms with E-state index in [9.17, 15) is 13.2 Å². The normalized spacial score (nSPS) is 19.5. The Morgan fingerprint density at radius 2 is 2.14 bits per heavy atom. The Labute approximate surface area is 123 Å². The zero-order valence-electron chi connectivity index (χ0n) is 11.6. The summed E-state index contributed by atoms with van der Waals surface area (Å²) < 4.78 is 26.6. The summed E-state index contributed by atoms with van der Waals surface area (Å²) in [5.41, 5.74) is 1.04. The van der Waals surface area contributed by atoms with E-state index in [1.807, 2.05) is 6.07 Å². The molecule has 0 spiro atoms. The lowest BCUT2D eigenvalue weighted by atomic mass is 10.1. The minimum Gasteiger partial charge on any atom is -0.211 e. The van der Waals surface area contributed by atoms with E-state index in [-0.39, 0.29) is 4.90 Å². The van der Waals surface area contributed by atoms with Crippen molar-refractivity contribution in [2.24, 2.45) is 4.99 Å². The van der Waals surface area contributed by atoms with Crippen LogP contribution in [0.4, 0.5) is 0 Å². The Hall–Kier alpha value is -2.00. The SMILES string of the molecule is Cc1cc(S(=O)(=O)N2CCCCC2N=C=O)ccc1C#N. The molecule has 1 atom stereocenters. The highest BCUT2D eigenvalue weighted by molar-refractivity contribution is 7.89. The molecule has 1 unspecified atom stereocenters. The van der Waals surface area contributed by atoms with Gasteiger partial charge in [-0.15, -0.1) is 0 Å². The van der Waals surface area contributed by atoms with Gasteiger partial charge in [-0.05, 0) is 49.9 Å². The molecule has 1 aliphatic heterocycles. The molecule has 1 aliphatic rings. The van der Waals surface area contributed by atoms with Gasteiger partial charge in [0.25, 0.3) is 0 Å². The Kier molecular flexibility index (Phi) is 4.53. The lowest BCUT2D eigenvalue weighted by Crippen LogP contribution is -2.42. The molecule has 110 valence electrons. The number of aryl methyl sites for hydroxylation is 1. The van der Waals surface area contributed by atoms with Crippen LogP contribution in [-0.4, -0.2) is 31.5 Å². The number of hydrogen-bond donors (Lipinski definition) is 0. The molecule has 0 aromatic heterocycles. The van der Waals surface area contributed by atoms with Gasteiger partial charge in [-0.1, -0.05) is 0 Å². The Morgan fingerprint density at radius 1 is 1.38 bits per heavy atom. The van der Waals surface area contributed by atoms with E-state index >= 15 is 0 Å². The summed E-state index contributed by atoms with van der Waals surface area (Å²) in [6, 6.07) is 6.38. The average molecular weight is 305 g/mol. The second kappa shape index (κ2) is 6.19. The van der Waals surface area contributed by atoms with Crippen LogP contribution in [0.25, 0.3) is 0 Å². The number of benzene rings is 1. The fraction of sp³-hybridized carbons (Fsp3) is 0.429. The van der Waals surface area contributed by atoms with Crippen LogP contribution >= 0.6 is 0 Å². The molecule has 21 heavy (non-hydrogen) atoms. The van der Waals surface area contributed by atoms with E-state index in [1.165, 1.54) is 28.6 Å². The molecule has 0 bridgehead atoms. The lowest BCUT2D eigenvalue weighted by Gasteiger charge is -2.31. The number of rotatable bonds is 3. The van der Waals surface area contributed by atoms with Crippen molar-refractivity contribution < 1.29 is 13.2 Å². The maximum Gasteiger partial charge on any atom is 0.244 e. The molecule has 2 rings (SSSR count). The summed E-state index contributed by atoms with van der Waals surface area (Å²) in [6.45, 7) is 2.02. The molecule has 1 fully saturated rings. The molecular weight excluding hydrogens is 290 g/mol. The minimum absolute atomic E-state index is 0.118. The molecule has 1 aromatic rings. The standard InChI is InChI=1S/C14H15N3O3S/c1-11-8-13(6-5-12(11)9-15)21(19,20)17-7-3-2-4-14(17)16-10-18/h5-6,8,14H,2-4,7H2,1H3. The fourth-order valence-electron chi connectivity index (χ4n) is 2.42. The van der Waals surface area contributed by atoms with E-state index < -0.39 is 16.2 Å². The number of isocyanates is 1. The first-order valence-corrected chi connectivity index (χ1v) is 8.04. The van der Waals surface area contributed by atoms with Gasteiger partial charge in [0.05, 0.1) is 16.5 Å². The molecule has 1 heterocycles. The van der Waals surface area contributed by atoms with Crippen molar-refractivity contribution in [2.75, 3.05) is 6.54 Å². The van der Waals surface area contributed by atoms with Crippen LogP contribution in [0.5, 0.6) is 0 Å². The Bertz CT molecular complexity index is 730. The first kappa shape index (κ1) is 15.4. The van der Waals surface area contributed by atoms with Gasteiger partial charge in [0, 0.05) is 6.54 Å². The van der Waals surface area contributed by atoms with Crippen molar-refractivity contribution in [1.82, 2.24) is 4.31 Å². The third kappa shape index (κ3) is 3.03. The molecular formula is C14H15N3O3S. The predicted octanol–water partition coefficient (Wildman–Crippen LogP) is 1.70. The smallest absolute Gasteiger partial charge is 0.211 e. The maximum absolute atomic E-state index is 12.7. The quantitative estimate of drug-likeness (QED) is 0.628. The van der Waals surface area contributed by atoms with Crippen molar-refractivity contribution in [1.29, 1.82) is 5.26 Å². The van der Waals surface area contributed by atoms with Gasteiger partial charge in [-0.25, -0.2) is 13.2 Å². The molecule has 6 nitrogen and oxygen atoms in total. The Balaban J connectivity index is 2.43. The monoisotopic (exact) mass is 305 g/mol. The van der Waals surface area contributed by atoms with E-state index in [0.717, 1.165) is 12.8 Å². The first-order valence-electron chi connectivity index (χ1n) is 6.60. The minimum atomic E-state index is -3.73. The van der Waals surface area contributed by atoms with Gasteiger partial charge >= 0.3 is 0 Å².